The Morgan fingerprint density at radius 3 is 2.16 bits per heavy atom. The number of pyridine rings is 1. The summed E-state index contributed by atoms with van der Waals surface area (Å²) >= 11 is 0. The molecule has 0 atom stereocenters. The number of fused-ring (bicyclic) bond motifs is 1. The van der Waals surface area contributed by atoms with Gasteiger partial charge in [-0.15, -0.1) is 0 Å². The monoisotopic (exact) mass is 600 g/mol. The Morgan fingerprint density at radius 2 is 1.49 bits per heavy atom. The average Bonchev–Trinajstić information content (AvgIpc) is 3.29. The summed E-state index contributed by atoms with van der Waals surface area (Å²) in [6.45, 7) is 2.54. The highest BCUT2D eigenvalue weighted by Gasteiger charge is 2.19. The van der Waals surface area contributed by atoms with E-state index in [0.717, 1.165) is 33.6 Å². The van der Waals surface area contributed by atoms with Crippen LogP contribution in [0.2, 0.25) is 0 Å². The first kappa shape index (κ1) is 29.3. The highest BCUT2D eigenvalue weighted by atomic mass is 16.5. The zero-order valence-corrected chi connectivity index (χ0v) is 24.9. The van der Waals surface area contributed by atoms with E-state index in [1.165, 1.54) is 0 Å². The molecule has 0 aliphatic carbocycles. The Labute approximate surface area is 259 Å². The van der Waals surface area contributed by atoms with E-state index in [9.17, 15) is 9.59 Å². The summed E-state index contributed by atoms with van der Waals surface area (Å²) in [4.78, 5) is 29.5. The molecule has 9 nitrogen and oxygen atoms in total. The number of nitrogens with one attached hydrogen (secondary N) is 1. The molecule has 6 aromatic rings. The minimum atomic E-state index is -0.871. The summed E-state index contributed by atoms with van der Waals surface area (Å²) in [5, 5.41) is 12.5. The van der Waals surface area contributed by atoms with E-state index in [1.807, 2.05) is 97.9 Å². The number of carboxylic acid groups (broad SMARTS) is 1. The van der Waals surface area contributed by atoms with Crippen molar-refractivity contribution in [1.82, 2.24) is 14.1 Å². The number of anilines is 2. The molecule has 0 saturated heterocycles. The average molecular weight is 601 g/mol. The molecular weight excluding hydrogens is 568 g/mol. The Balaban J connectivity index is 1.34. The Morgan fingerprint density at radius 1 is 0.800 bits per heavy atom. The van der Waals surface area contributed by atoms with Crippen LogP contribution in [0.4, 0.5) is 11.4 Å². The highest BCUT2D eigenvalue weighted by Crippen LogP contribution is 2.30. The second-order valence-corrected chi connectivity index (χ2v) is 10.7. The fourth-order valence-corrected chi connectivity index (χ4v) is 5.18. The topological polar surface area (TPSA) is 108 Å². The number of aliphatic carboxylic acids is 1. The van der Waals surface area contributed by atoms with Gasteiger partial charge >= 0.3 is 11.7 Å². The van der Waals surface area contributed by atoms with Gasteiger partial charge in [0.2, 0.25) is 11.8 Å². The summed E-state index contributed by atoms with van der Waals surface area (Å²) < 4.78 is 15.4. The molecule has 2 N–H and O–H groups in total. The van der Waals surface area contributed by atoms with E-state index in [0.29, 0.717) is 29.2 Å². The van der Waals surface area contributed by atoms with Crippen molar-refractivity contribution in [3.63, 3.8) is 0 Å². The van der Waals surface area contributed by atoms with Gasteiger partial charge in [-0.1, -0.05) is 72.8 Å². The second kappa shape index (κ2) is 12.8. The van der Waals surface area contributed by atoms with Crippen LogP contribution >= 0.6 is 0 Å². The lowest BCUT2D eigenvalue weighted by molar-refractivity contribution is -0.136. The normalized spacial score (nSPS) is 11.0. The van der Waals surface area contributed by atoms with Crippen LogP contribution in [0.25, 0.3) is 16.7 Å². The largest absolute Gasteiger partial charge is 0.481 e. The number of rotatable bonds is 11. The van der Waals surface area contributed by atoms with Crippen molar-refractivity contribution in [2.75, 3.05) is 5.32 Å². The SMILES string of the molecule is Cc1cc(CC(=O)O)ccc1Nc1ccc2c(c1)n(C)c(=O)n2-c1ccc(OCc2ccccc2)nc1OCc1ccccc1. The van der Waals surface area contributed by atoms with Gasteiger partial charge in [0.15, 0.2) is 0 Å². The zero-order chi connectivity index (χ0) is 31.3. The van der Waals surface area contributed by atoms with E-state index < -0.39 is 5.97 Å². The molecule has 0 bridgehead atoms. The summed E-state index contributed by atoms with van der Waals surface area (Å²) in [7, 11) is 1.73. The van der Waals surface area contributed by atoms with Gasteiger partial charge in [-0.3, -0.25) is 13.9 Å². The molecule has 4 aromatic carbocycles. The van der Waals surface area contributed by atoms with Crippen LogP contribution in [0, 0.1) is 6.92 Å². The lowest BCUT2D eigenvalue weighted by Crippen LogP contribution is -2.21. The predicted octanol–water partition coefficient (Wildman–Crippen LogP) is 6.56. The molecule has 6 rings (SSSR count). The number of carboxylic acids is 1. The first-order valence-corrected chi connectivity index (χ1v) is 14.5. The molecule has 2 heterocycles. The molecule has 2 aromatic heterocycles. The van der Waals surface area contributed by atoms with E-state index in [1.54, 1.807) is 34.4 Å². The van der Waals surface area contributed by atoms with Gasteiger partial charge in [0.05, 0.1) is 17.5 Å². The molecule has 0 saturated carbocycles. The maximum absolute atomic E-state index is 13.7. The number of hydrogen-bond donors (Lipinski definition) is 2. The number of carbonyl (C=O) groups is 1. The summed E-state index contributed by atoms with van der Waals surface area (Å²) in [6, 6.07) is 34.3. The smallest absolute Gasteiger partial charge is 0.333 e. The second-order valence-electron chi connectivity index (χ2n) is 10.7. The van der Waals surface area contributed by atoms with E-state index >= 15 is 0 Å². The van der Waals surface area contributed by atoms with Crippen molar-refractivity contribution in [3.8, 4) is 17.4 Å². The van der Waals surface area contributed by atoms with Crippen LogP contribution < -0.4 is 20.5 Å². The first-order chi connectivity index (χ1) is 21.9. The van der Waals surface area contributed by atoms with Gasteiger partial charge in [0.25, 0.3) is 0 Å². The minimum absolute atomic E-state index is 0.0330. The van der Waals surface area contributed by atoms with Crippen molar-refractivity contribution < 1.29 is 19.4 Å². The quantitative estimate of drug-likeness (QED) is 0.173. The predicted molar refractivity (Wildman–Crippen MR) is 174 cm³/mol. The lowest BCUT2D eigenvalue weighted by Gasteiger charge is -2.14. The molecule has 0 radical (unpaired) electrons. The van der Waals surface area contributed by atoms with Crippen molar-refractivity contribution in [2.45, 2.75) is 26.6 Å². The fraction of sp³-hybridized carbons (Fsp3) is 0.139. The van der Waals surface area contributed by atoms with E-state index in [-0.39, 0.29) is 24.6 Å². The number of aromatic nitrogens is 3. The molecule has 0 unspecified atom stereocenters. The molecule has 226 valence electrons. The van der Waals surface area contributed by atoms with Crippen LogP contribution in [0.5, 0.6) is 11.8 Å². The van der Waals surface area contributed by atoms with Crippen LogP contribution in [0.15, 0.2) is 114 Å². The number of benzene rings is 4. The van der Waals surface area contributed by atoms with Gasteiger partial charge in [0, 0.05) is 24.5 Å². The van der Waals surface area contributed by atoms with Crippen LogP contribution in [-0.2, 0) is 31.5 Å². The number of nitrogens with zero attached hydrogens (tertiary/aromatic N) is 3. The summed E-state index contributed by atoms with van der Waals surface area (Å²) in [5.74, 6) is -0.211. The lowest BCUT2D eigenvalue weighted by atomic mass is 10.1. The molecule has 0 aliphatic rings. The third-order valence-corrected chi connectivity index (χ3v) is 7.48. The zero-order valence-electron chi connectivity index (χ0n) is 24.9. The number of ether oxygens (including phenoxy) is 2. The maximum Gasteiger partial charge on any atom is 0.333 e. The van der Waals surface area contributed by atoms with Crippen molar-refractivity contribution in [1.29, 1.82) is 0 Å². The molecule has 0 aliphatic heterocycles. The molecular formula is C36H32N4O5. The number of aryl methyl sites for hydroxylation is 2. The molecule has 0 spiro atoms. The van der Waals surface area contributed by atoms with Gasteiger partial charge in [-0.25, -0.2) is 4.79 Å². The Bertz CT molecular complexity index is 2030. The Hall–Kier alpha value is -5.83. The molecule has 0 amide bonds. The maximum atomic E-state index is 13.7. The van der Waals surface area contributed by atoms with Gasteiger partial charge in [-0.05, 0) is 59.5 Å². The third-order valence-electron chi connectivity index (χ3n) is 7.48. The van der Waals surface area contributed by atoms with Crippen LogP contribution in [-0.4, -0.2) is 25.2 Å². The first-order valence-electron chi connectivity index (χ1n) is 14.5. The van der Waals surface area contributed by atoms with Crippen molar-refractivity contribution in [3.05, 3.63) is 142 Å². The van der Waals surface area contributed by atoms with Gasteiger partial charge in [-0.2, -0.15) is 4.98 Å². The van der Waals surface area contributed by atoms with Crippen molar-refractivity contribution >= 4 is 28.4 Å². The number of hydrogen-bond acceptors (Lipinski definition) is 6. The molecule has 9 heteroatoms. The Kier molecular flexibility index (Phi) is 8.32. The minimum Gasteiger partial charge on any atom is -0.481 e. The molecule has 0 fully saturated rings. The number of imidazole rings is 1. The van der Waals surface area contributed by atoms with Gasteiger partial charge in [0.1, 0.15) is 18.9 Å². The molecule has 45 heavy (non-hydrogen) atoms. The summed E-state index contributed by atoms with van der Waals surface area (Å²) in [5.41, 5.74) is 6.91. The van der Waals surface area contributed by atoms with Crippen LogP contribution in [0.3, 0.4) is 0 Å². The van der Waals surface area contributed by atoms with E-state index in [2.05, 4.69) is 10.3 Å². The third kappa shape index (κ3) is 6.57. The van der Waals surface area contributed by atoms with E-state index in [4.69, 9.17) is 14.6 Å². The summed E-state index contributed by atoms with van der Waals surface area (Å²) in [6.07, 6.45) is -0.0330. The van der Waals surface area contributed by atoms with Crippen molar-refractivity contribution in [2.24, 2.45) is 7.05 Å². The standard InChI is InChI=1S/C36H32N4O5/c1-24-19-27(20-34(41)42)13-15-29(24)37-28-14-16-30-32(21-28)39(2)36(43)40(30)31-17-18-33(44-22-25-9-5-3-6-10-25)38-35(31)45-23-26-11-7-4-8-12-26/h3-19,21,37H,20,22-23H2,1-2H3,(H,41,42). The fourth-order valence-electron chi connectivity index (χ4n) is 5.18. The van der Waals surface area contributed by atoms with Crippen LogP contribution in [0.1, 0.15) is 22.3 Å². The highest BCUT2D eigenvalue weighted by molar-refractivity contribution is 5.83. The van der Waals surface area contributed by atoms with Gasteiger partial charge < -0.3 is 19.9 Å².